The second-order valence-corrected chi connectivity index (χ2v) is 8.51. The second-order valence-electron chi connectivity index (χ2n) is 7.52. The van der Waals surface area contributed by atoms with Gasteiger partial charge in [0.05, 0.1) is 4.91 Å². The Hall–Kier alpha value is -3.06. The van der Waals surface area contributed by atoms with Gasteiger partial charge in [-0.15, -0.1) is 0 Å². The zero-order valence-electron chi connectivity index (χ0n) is 18.1. The van der Waals surface area contributed by atoms with Crippen LogP contribution >= 0.6 is 11.8 Å². The standard InChI is InChI=1S/C24H26N2O4S/c1-5-17(4)26-23(28)21(31-24(26)29)13-18-7-6-8-20(12-18)30-14-22(27)25-19-10-9-15(2)16(3)11-19/h6-13,17H,5,14H2,1-4H3,(H,25,27)/b21-13+/t17-/m0/s1. The summed E-state index contributed by atoms with van der Waals surface area (Å²) >= 11 is 0.941. The van der Waals surface area contributed by atoms with Crippen molar-refractivity contribution in [1.29, 1.82) is 0 Å². The first-order valence-electron chi connectivity index (χ1n) is 10.2. The van der Waals surface area contributed by atoms with Gasteiger partial charge < -0.3 is 10.1 Å². The molecule has 1 heterocycles. The highest BCUT2D eigenvalue weighted by Crippen LogP contribution is 2.34. The molecular formula is C24H26N2O4S. The zero-order chi connectivity index (χ0) is 22.5. The molecule has 1 fully saturated rings. The van der Waals surface area contributed by atoms with Crippen LogP contribution in [-0.4, -0.2) is 34.6 Å². The lowest BCUT2D eigenvalue weighted by Crippen LogP contribution is -2.36. The summed E-state index contributed by atoms with van der Waals surface area (Å²) < 4.78 is 5.61. The van der Waals surface area contributed by atoms with Gasteiger partial charge in [0.1, 0.15) is 5.75 Å². The molecule has 0 aromatic heterocycles. The molecule has 1 aliphatic rings. The van der Waals surface area contributed by atoms with Gasteiger partial charge in [-0.25, -0.2) is 0 Å². The molecule has 0 spiro atoms. The number of nitrogens with zero attached hydrogens (tertiary/aromatic N) is 1. The topological polar surface area (TPSA) is 75.7 Å². The first-order valence-corrected chi connectivity index (χ1v) is 11.0. The van der Waals surface area contributed by atoms with Gasteiger partial charge in [0.25, 0.3) is 17.1 Å². The fraction of sp³-hybridized carbons (Fsp3) is 0.292. The molecule has 2 aromatic rings. The molecule has 1 atom stereocenters. The number of aryl methyl sites for hydroxylation is 2. The van der Waals surface area contributed by atoms with Gasteiger partial charge in [-0.2, -0.15) is 0 Å². The van der Waals surface area contributed by atoms with E-state index < -0.39 is 0 Å². The number of hydrogen-bond donors (Lipinski definition) is 1. The number of rotatable bonds is 7. The maximum atomic E-state index is 12.6. The highest BCUT2D eigenvalue weighted by Gasteiger charge is 2.37. The third-order valence-electron chi connectivity index (χ3n) is 5.17. The summed E-state index contributed by atoms with van der Waals surface area (Å²) in [6.45, 7) is 7.67. The summed E-state index contributed by atoms with van der Waals surface area (Å²) in [6.07, 6.45) is 2.38. The average Bonchev–Trinajstić information content (AvgIpc) is 3.02. The van der Waals surface area contributed by atoms with Crippen LogP contribution in [-0.2, 0) is 9.59 Å². The Morgan fingerprint density at radius 1 is 1.16 bits per heavy atom. The number of anilines is 1. The number of hydrogen-bond acceptors (Lipinski definition) is 5. The van der Waals surface area contributed by atoms with Crippen LogP contribution in [0.1, 0.15) is 37.0 Å². The third kappa shape index (κ3) is 5.55. The summed E-state index contributed by atoms with van der Waals surface area (Å²) in [4.78, 5) is 38.6. The number of amides is 3. The summed E-state index contributed by atoms with van der Waals surface area (Å²) in [6, 6.07) is 12.7. The van der Waals surface area contributed by atoms with Crippen molar-refractivity contribution in [3.63, 3.8) is 0 Å². The van der Waals surface area contributed by atoms with Gasteiger partial charge in [-0.3, -0.25) is 19.3 Å². The molecule has 0 aliphatic carbocycles. The van der Waals surface area contributed by atoms with E-state index in [1.165, 1.54) is 4.90 Å². The number of nitrogens with one attached hydrogen (secondary N) is 1. The van der Waals surface area contributed by atoms with E-state index in [2.05, 4.69) is 5.32 Å². The van der Waals surface area contributed by atoms with E-state index in [0.717, 1.165) is 34.1 Å². The van der Waals surface area contributed by atoms with Crippen molar-refractivity contribution in [3.8, 4) is 5.75 Å². The molecule has 3 amide bonds. The van der Waals surface area contributed by atoms with Crippen LogP contribution < -0.4 is 10.1 Å². The molecule has 3 rings (SSSR count). The van der Waals surface area contributed by atoms with Crippen molar-refractivity contribution < 1.29 is 19.1 Å². The van der Waals surface area contributed by atoms with E-state index in [-0.39, 0.29) is 29.7 Å². The van der Waals surface area contributed by atoms with Gasteiger partial charge in [-0.05, 0) is 86.0 Å². The predicted octanol–water partition coefficient (Wildman–Crippen LogP) is 5.16. The smallest absolute Gasteiger partial charge is 0.293 e. The van der Waals surface area contributed by atoms with Crippen LogP contribution in [0.15, 0.2) is 47.4 Å². The molecule has 7 heteroatoms. The Labute approximate surface area is 186 Å². The molecule has 0 radical (unpaired) electrons. The fourth-order valence-corrected chi connectivity index (χ4v) is 3.98. The molecule has 0 bridgehead atoms. The van der Waals surface area contributed by atoms with E-state index in [4.69, 9.17) is 4.74 Å². The summed E-state index contributed by atoms with van der Waals surface area (Å²) in [7, 11) is 0. The first-order chi connectivity index (χ1) is 14.8. The number of carbonyl (C=O) groups is 3. The minimum absolute atomic E-state index is 0.135. The third-order valence-corrected chi connectivity index (χ3v) is 6.06. The van der Waals surface area contributed by atoms with Crippen molar-refractivity contribution in [2.24, 2.45) is 0 Å². The minimum Gasteiger partial charge on any atom is -0.484 e. The van der Waals surface area contributed by atoms with Crippen LogP contribution in [0.25, 0.3) is 6.08 Å². The lowest BCUT2D eigenvalue weighted by molar-refractivity contribution is -0.124. The molecule has 6 nitrogen and oxygen atoms in total. The fourth-order valence-electron chi connectivity index (χ4n) is 3.05. The molecule has 2 aromatic carbocycles. The highest BCUT2D eigenvalue weighted by atomic mass is 32.2. The minimum atomic E-state index is -0.275. The summed E-state index contributed by atoms with van der Waals surface area (Å²) in [5.74, 6) is -0.0306. The number of imide groups is 1. The average molecular weight is 439 g/mol. The quantitative estimate of drug-likeness (QED) is 0.605. The van der Waals surface area contributed by atoms with Crippen molar-refractivity contribution in [2.45, 2.75) is 40.2 Å². The van der Waals surface area contributed by atoms with Crippen molar-refractivity contribution >= 4 is 40.6 Å². The van der Waals surface area contributed by atoms with Crippen molar-refractivity contribution in [2.75, 3.05) is 11.9 Å². The molecule has 0 saturated carbocycles. The lowest BCUT2D eigenvalue weighted by Gasteiger charge is -2.19. The Kier molecular flexibility index (Phi) is 7.17. The van der Waals surface area contributed by atoms with Gasteiger partial charge in [0.2, 0.25) is 0 Å². The van der Waals surface area contributed by atoms with Gasteiger partial charge in [0, 0.05) is 11.7 Å². The van der Waals surface area contributed by atoms with Gasteiger partial charge in [0.15, 0.2) is 6.61 Å². The van der Waals surface area contributed by atoms with Gasteiger partial charge in [-0.1, -0.05) is 25.1 Å². The predicted molar refractivity (Wildman–Crippen MR) is 124 cm³/mol. The van der Waals surface area contributed by atoms with Crippen LogP contribution in [0, 0.1) is 13.8 Å². The van der Waals surface area contributed by atoms with E-state index in [1.807, 2.05) is 52.0 Å². The molecule has 162 valence electrons. The normalized spacial score (nSPS) is 16.0. The largest absolute Gasteiger partial charge is 0.484 e. The number of benzene rings is 2. The Morgan fingerprint density at radius 3 is 2.65 bits per heavy atom. The van der Waals surface area contributed by atoms with Gasteiger partial charge >= 0.3 is 0 Å². The second kappa shape index (κ2) is 9.83. The summed E-state index contributed by atoms with van der Waals surface area (Å²) in [5, 5.41) is 2.57. The molecule has 1 aliphatic heterocycles. The van der Waals surface area contributed by atoms with Crippen molar-refractivity contribution in [1.82, 2.24) is 4.90 Å². The van der Waals surface area contributed by atoms with E-state index in [1.54, 1.807) is 24.3 Å². The Morgan fingerprint density at radius 2 is 1.94 bits per heavy atom. The van der Waals surface area contributed by atoms with Crippen molar-refractivity contribution in [3.05, 3.63) is 64.1 Å². The molecule has 1 N–H and O–H groups in total. The SMILES string of the molecule is CC[C@H](C)N1C(=O)S/C(=C/c2cccc(OCC(=O)Nc3ccc(C)c(C)c3)c2)C1=O. The van der Waals surface area contributed by atoms with Crippen LogP contribution in [0.2, 0.25) is 0 Å². The summed E-state index contributed by atoms with van der Waals surface area (Å²) in [5.41, 5.74) is 3.71. The monoisotopic (exact) mass is 438 g/mol. The number of thioether (sulfide) groups is 1. The maximum absolute atomic E-state index is 12.6. The van der Waals surface area contributed by atoms with E-state index in [9.17, 15) is 14.4 Å². The Balaban J connectivity index is 1.63. The lowest BCUT2D eigenvalue weighted by atomic mass is 10.1. The van der Waals surface area contributed by atoms with Crippen LogP contribution in [0.5, 0.6) is 5.75 Å². The first kappa shape index (κ1) is 22.6. The zero-order valence-corrected chi connectivity index (χ0v) is 18.9. The molecular weight excluding hydrogens is 412 g/mol. The molecule has 31 heavy (non-hydrogen) atoms. The Bertz CT molecular complexity index is 1050. The number of ether oxygens (including phenoxy) is 1. The highest BCUT2D eigenvalue weighted by molar-refractivity contribution is 8.18. The molecule has 1 saturated heterocycles. The maximum Gasteiger partial charge on any atom is 0.293 e. The molecule has 0 unspecified atom stereocenters. The van der Waals surface area contributed by atoms with Crippen LogP contribution in [0.3, 0.4) is 0 Å². The number of carbonyl (C=O) groups excluding carboxylic acids is 3. The van der Waals surface area contributed by atoms with Crippen LogP contribution in [0.4, 0.5) is 10.5 Å². The van der Waals surface area contributed by atoms with E-state index >= 15 is 0 Å². The van der Waals surface area contributed by atoms with E-state index in [0.29, 0.717) is 17.1 Å².